The molecular formula is C25H15ClN2O2. The van der Waals surface area contributed by atoms with Crippen molar-refractivity contribution in [1.82, 2.24) is 0 Å². The molecule has 0 unspecified atom stereocenters. The van der Waals surface area contributed by atoms with Gasteiger partial charge in [0.05, 0.1) is 23.1 Å². The fraction of sp³-hybridized carbons (Fsp3) is 0.160. The van der Waals surface area contributed by atoms with Gasteiger partial charge in [-0.2, -0.15) is 5.26 Å². The van der Waals surface area contributed by atoms with Gasteiger partial charge in [-0.15, -0.1) is 11.6 Å². The second-order valence-corrected chi connectivity index (χ2v) is 8.60. The van der Waals surface area contributed by atoms with Crippen LogP contribution in [0.1, 0.15) is 33.7 Å². The first kappa shape index (κ1) is 17.4. The number of alkyl halides is 1. The Morgan fingerprint density at radius 3 is 2.03 bits per heavy atom. The third-order valence-electron chi connectivity index (χ3n) is 6.78. The van der Waals surface area contributed by atoms with E-state index in [0.717, 1.165) is 22.3 Å². The number of anilines is 1. The topological polar surface area (TPSA) is 61.2 Å². The Morgan fingerprint density at radius 1 is 0.833 bits per heavy atom. The minimum absolute atomic E-state index is 0.237. The lowest BCUT2D eigenvalue weighted by Gasteiger charge is -2.50. The van der Waals surface area contributed by atoms with E-state index in [1.54, 1.807) is 24.3 Å². The zero-order valence-electron chi connectivity index (χ0n) is 15.7. The Bertz CT molecular complexity index is 1260. The fourth-order valence-electron chi connectivity index (χ4n) is 5.68. The molecule has 5 heteroatoms. The average molecular weight is 411 g/mol. The van der Waals surface area contributed by atoms with Crippen LogP contribution in [-0.4, -0.2) is 11.8 Å². The van der Waals surface area contributed by atoms with Crippen molar-refractivity contribution >= 4 is 29.1 Å². The minimum atomic E-state index is -1.12. The van der Waals surface area contributed by atoms with Gasteiger partial charge in [0.15, 0.2) is 0 Å². The Kier molecular flexibility index (Phi) is 3.38. The van der Waals surface area contributed by atoms with Gasteiger partial charge in [0, 0.05) is 5.92 Å². The molecule has 2 amide bonds. The highest BCUT2D eigenvalue weighted by Crippen LogP contribution is 2.65. The molecule has 1 saturated heterocycles. The van der Waals surface area contributed by atoms with Gasteiger partial charge in [0.25, 0.3) is 0 Å². The van der Waals surface area contributed by atoms with Crippen LogP contribution in [0, 0.1) is 23.2 Å². The molecule has 0 radical (unpaired) electrons. The van der Waals surface area contributed by atoms with E-state index < -0.39 is 16.7 Å². The van der Waals surface area contributed by atoms with E-state index in [-0.39, 0.29) is 17.7 Å². The maximum atomic E-state index is 13.7. The third kappa shape index (κ3) is 1.87. The van der Waals surface area contributed by atoms with Gasteiger partial charge < -0.3 is 0 Å². The van der Waals surface area contributed by atoms with Gasteiger partial charge in [-0.1, -0.05) is 60.7 Å². The van der Waals surface area contributed by atoms with Crippen molar-refractivity contribution < 1.29 is 9.59 Å². The molecule has 1 fully saturated rings. The van der Waals surface area contributed by atoms with Crippen molar-refractivity contribution in [3.63, 3.8) is 0 Å². The average Bonchev–Trinajstić information content (AvgIpc) is 3.05. The summed E-state index contributed by atoms with van der Waals surface area (Å²) in [6, 6.07) is 24.5. The number of benzene rings is 3. The summed E-state index contributed by atoms with van der Waals surface area (Å²) >= 11 is 7.38. The predicted octanol–water partition coefficient (Wildman–Crippen LogP) is 4.31. The highest BCUT2D eigenvalue weighted by atomic mass is 35.5. The van der Waals surface area contributed by atoms with Crippen LogP contribution in [0.2, 0.25) is 0 Å². The lowest BCUT2D eigenvalue weighted by Crippen LogP contribution is -2.50. The van der Waals surface area contributed by atoms with Crippen LogP contribution in [0.15, 0.2) is 72.8 Å². The largest absolute Gasteiger partial charge is 0.274 e. The van der Waals surface area contributed by atoms with Crippen LogP contribution in [-0.2, 0) is 14.5 Å². The Balaban J connectivity index is 1.63. The second kappa shape index (κ2) is 5.81. The zero-order valence-corrected chi connectivity index (χ0v) is 16.5. The van der Waals surface area contributed by atoms with E-state index >= 15 is 0 Å². The number of rotatable bonds is 1. The van der Waals surface area contributed by atoms with E-state index in [1.807, 2.05) is 48.5 Å². The number of imide groups is 1. The van der Waals surface area contributed by atoms with E-state index in [2.05, 4.69) is 6.07 Å². The molecule has 3 aliphatic carbocycles. The second-order valence-electron chi connectivity index (χ2n) is 8.01. The number of nitriles is 1. The molecule has 2 bridgehead atoms. The Morgan fingerprint density at radius 2 is 1.40 bits per heavy atom. The quantitative estimate of drug-likeness (QED) is 0.443. The van der Waals surface area contributed by atoms with Gasteiger partial charge in [-0.25, -0.2) is 4.90 Å². The molecule has 1 aliphatic heterocycles. The summed E-state index contributed by atoms with van der Waals surface area (Å²) in [5.74, 6) is -2.16. The van der Waals surface area contributed by atoms with Crippen LogP contribution in [0.3, 0.4) is 0 Å². The van der Waals surface area contributed by atoms with Crippen molar-refractivity contribution in [2.75, 3.05) is 4.90 Å². The lowest BCUT2D eigenvalue weighted by atomic mass is 9.54. The number of carbonyl (C=O) groups is 2. The number of hydrogen-bond acceptors (Lipinski definition) is 3. The summed E-state index contributed by atoms with van der Waals surface area (Å²) in [6.45, 7) is 0. The van der Waals surface area contributed by atoms with Gasteiger partial charge in [0.2, 0.25) is 11.8 Å². The van der Waals surface area contributed by atoms with Gasteiger partial charge in [0.1, 0.15) is 10.9 Å². The van der Waals surface area contributed by atoms with E-state index in [9.17, 15) is 14.9 Å². The third-order valence-corrected chi connectivity index (χ3v) is 7.42. The summed E-state index contributed by atoms with van der Waals surface area (Å²) in [4.78, 5) is 27.5. The Hall–Kier alpha value is -3.42. The molecule has 0 N–H and O–H groups in total. The Labute approximate surface area is 178 Å². The molecule has 144 valence electrons. The normalized spacial score (nSPS) is 28.0. The summed E-state index contributed by atoms with van der Waals surface area (Å²) in [6.07, 6.45) is 0. The van der Waals surface area contributed by atoms with Crippen LogP contribution >= 0.6 is 11.6 Å². The van der Waals surface area contributed by atoms with E-state index in [4.69, 9.17) is 11.6 Å². The lowest BCUT2D eigenvalue weighted by molar-refractivity contribution is -0.122. The first-order valence-electron chi connectivity index (χ1n) is 9.83. The van der Waals surface area contributed by atoms with Crippen molar-refractivity contribution in [3.05, 3.63) is 101 Å². The summed E-state index contributed by atoms with van der Waals surface area (Å²) < 4.78 is 0. The minimum Gasteiger partial charge on any atom is -0.274 e. The first-order chi connectivity index (χ1) is 14.6. The number of nitrogens with zero attached hydrogens (tertiary/aromatic N) is 2. The van der Waals surface area contributed by atoms with Crippen LogP contribution in [0.5, 0.6) is 0 Å². The monoisotopic (exact) mass is 410 g/mol. The molecule has 3 aromatic carbocycles. The molecule has 3 aromatic rings. The van der Waals surface area contributed by atoms with Gasteiger partial charge in [-0.3, -0.25) is 9.59 Å². The number of hydrogen-bond donors (Lipinski definition) is 0. The number of halogens is 1. The molecule has 30 heavy (non-hydrogen) atoms. The van der Waals surface area contributed by atoms with Crippen LogP contribution in [0.4, 0.5) is 5.69 Å². The maximum Gasteiger partial charge on any atom is 0.240 e. The SMILES string of the molecule is N#Cc1ccccc1N1C(=O)[C@@H]2C3c4ccccc4C(Cl)(c4ccccc43)[C@H]2C1=O. The highest BCUT2D eigenvalue weighted by molar-refractivity contribution is 6.33. The molecular weight excluding hydrogens is 396 g/mol. The molecule has 1 heterocycles. The standard InChI is InChI=1S/C25H15ClN2O2/c26-25-17-10-4-2-8-15(17)20(16-9-3-5-11-18(16)25)21-22(25)24(30)28(23(21)29)19-12-6-1-7-14(19)13-27/h1-12,20-22H/t20?,21-,22-,25?/m1/s1. The highest BCUT2D eigenvalue weighted by Gasteiger charge is 2.68. The summed E-state index contributed by atoms with van der Waals surface area (Å²) in [5, 5.41) is 9.54. The molecule has 4 nitrogen and oxygen atoms in total. The molecule has 2 atom stereocenters. The zero-order chi connectivity index (χ0) is 20.6. The van der Waals surface area contributed by atoms with E-state index in [1.165, 1.54) is 4.90 Å². The van der Waals surface area contributed by atoms with Crippen molar-refractivity contribution in [2.24, 2.45) is 11.8 Å². The van der Waals surface area contributed by atoms with Crippen LogP contribution < -0.4 is 4.90 Å². The van der Waals surface area contributed by atoms with Crippen LogP contribution in [0.25, 0.3) is 0 Å². The number of amides is 2. The van der Waals surface area contributed by atoms with Crippen molar-refractivity contribution in [3.8, 4) is 6.07 Å². The molecule has 0 aromatic heterocycles. The maximum absolute atomic E-state index is 13.7. The number of carbonyl (C=O) groups excluding carboxylic acids is 2. The summed E-state index contributed by atoms with van der Waals surface area (Å²) in [7, 11) is 0. The first-order valence-corrected chi connectivity index (χ1v) is 10.2. The molecule has 7 rings (SSSR count). The van der Waals surface area contributed by atoms with Crippen molar-refractivity contribution in [1.29, 1.82) is 5.26 Å². The molecule has 0 saturated carbocycles. The fourth-order valence-corrected chi connectivity index (χ4v) is 6.25. The van der Waals surface area contributed by atoms with E-state index in [0.29, 0.717) is 11.3 Å². The van der Waals surface area contributed by atoms with Gasteiger partial charge in [-0.05, 0) is 34.4 Å². The van der Waals surface area contributed by atoms with Gasteiger partial charge >= 0.3 is 0 Å². The van der Waals surface area contributed by atoms with Crippen molar-refractivity contribution in [2.45, 2.75) is 10.8 Å². The smallest absolute Gasteiger partial charge is 0.240 e. The predicted molar refractivity (Wildman–Crippen MR) is 112 cm³/mol. The molecule has 4 aliphatic rings. The molecule has 0 spiro atoms. The number of para-hydroxylation sites is 1. The summed E-state index contributed by atoms with van der Waals surface area (Å²) in [5.41, 5.74) is 4.43.